The number of ketones is 1. The molecule has 0 N–H and O–H groups in total. The van der Waals surface area contributed by atoms with Gasteiger partial charge in [0.1, 0.15) is 11.5 Å². The zero-order valence-corrected chi connectivity index (χ0v) is 8.99. The third-order valence-corrected chi connectivity index (χ3v) is 2.36. The molecule has 0 bridgehead atoms. The number of fused-ring (bicyclic) bond motifs is 1. The van der Waals surface area contributed by atoms with Gasteiger partial charge in [-0.15, -0.1) is 0 Å². The van der Waals surface area contributed by atoms with Crippen LogP contribution >= 0.6 is 0 Å². The highest BCUT2D eigenvalue weighted by Gasteiger charge is 2.19. The molecule has 84 valence electrons. The van der Waals surface area contributed by atoms with Gasteiger partial charge in [0, 0.05) is 12.8 Å². The van der Waals surface area contributed by atoms with E-state index in [0.29, 0.717) is 36.5 Å². The van der Waals surface area contributed by atoms with Crippen LogP contribution in [0.15, 0.2) is 18.2 Å². The number of hydrogen-bond acceptors (Lipinski definition) is 4. The Morgan fingerprint density at radius 3 is 3.06 bits per heavy atom. The molecule has 0 unspecified atom stereocenters. The molecule has 1 aromatic rings. The lowest BCUT2D eigenvalue weighted by Gasteiger charge is -2.16. The fourth-order valence-electron chi connectivity index (χ4n) is 1.51. The summed E-state index contributed by atoms with van der Waals surface area (Å²) in [6.45, 7) is 2.13. The van der Waals surface area contributed by atoms with Crippen LogP contribution in [-0.4, -0.2) is 18.4 Å². The molecule has 1 heterocycles. The minimum Gasteiger partial charge on any atom is -0.492 e. The number of carbonyl (C=O) groups excluding carboxylic acids is 2. The van der Waals surface area contributed by atoms with E-state index in [1.807, 2.05) is 0 Å². The molecule has 0 aliphatic carbocycles. The molecule has 0 aromatic heterocycles. The molecule has 1 aliphatic heterocycles. The van der Waals surface area contributed by atoms with Crippen LogP contribution in [0.4, 0.5) is 0 Å². The number of carbonyl (C=O) groups is 2. The van der Waals surface area contributed by atoms with Crippen LogP contribution in [0, 0.1) is 0 Å². The lowest BCUT2D eigenvalue weighted by Crippen LogP contribution is -2.15. The van der Waals surface area contributed by atoms with Crippen molar-refractivity contribution in [1.29, 1.82) is 0 Å². The fourth-order valence-corrected chi connectivity index (χ4v) is 1.51. The van der Waals surface area contributed by atoms with Gasteiger partial charge < -0.3 is 9.47 Å². The van der Waals surface area contributed by atoms with Crippen molar-refractivity contribution >= 4 is 11.8 Å². The van der Waals surface area contributed by atoms with Gasteiger partial charge in [0.15, 0.2) is 5.78 Å². The number of rotatable bonds is 2. The molecule has 0 atom stereocenters. The molecule has 2 rings (SSSR count). The number of hydrogen-bond donors (Lipinski definition) is 0. The van der Waals surface area contributed by atoms with Crippen LogP contribution in [0.1, 0.15) is 30.1 Å². The maximum Gasteiger partial charge on any atom is 0.310 e. The van der Waals surface area contributed by atoms with Crippen LogP contribution in [0.25, 0.3) is 0 Å². The van der Waals surface area contributed by atoms with Gasteiger partial charge in [-0.1, -0.05) is 6.92 Å². The van der Waals surface area contributed by atoms with E-state index in [4.69, 9.17) is 9.47 Å². The summed E-state index contributed by atoms with van der Waals surface area (Å²) in [5, 5.41) is 0. The molecule has 0 saturated carbocycles. The summed E-state index contributed by atoms with van der Waals surface area (Å²) in [5.41, 5.74) is 0.493. The molecule has 0 amide bonds. The van der Waals surface area contributed by atoms with E-state index < -0.39 is 0 Å². The average Bonchev–Trinajstić information content (AvgIpc) is 2.30. The summed E-state index contributed by atoms with van der Waals surface area (Å²) >= 11 is 0. The van der Waals surface area contributed by atoms with Crippen molar-refractivity contribution in [2.24, 2.45) is 0 Å². The first-order valence-corrected chi connectivity index (χ1v) is 5.21. The average molecular weight is 220 g/mol. The summed E-state index contributed by atoms with van der Waals surface area (Å²) in [7, 11) is 0. The Kier molecular flexibility index (Phi) is 2.90. The van der Waals surface area contributed by atoms with Crippen molar-refractivity contribution in [1.82, 2.24) is 0 Å². The van der Waals surface area contributed by atoms with Gasteiger partial charge in [-0.25, -0.2) is 0 Å². The molecule has 1 aliphatic rings. The zero-order valence-electron chi connectivity index (χ0n) is 8.99. The number of benzene rings is 1. The van der Waals surface area contributed by atoms with E-state index in [1.165, 1.54) is 0 Å². The lowest BCUT2D eigenvalue weighted by atomic mass is 10.0. The molecular weight excluding hydrogens is 208 g/mol. The highest BCUT2D eigenvalue weighted by atomic mass is 16.5. The number of Topliss-reactive ketones (excluding diaryl/α,β-unsaturated/α-hetero) is 1. The van der Waals surface area contributed by atoms with Crippen LogP contribution in [0.5, 0.6) is 11.5 Å². The van der Waals surface area contributed by atoms with Gasteiger partial charge in [-0.05, 0) is 18.2 Å². The van der Waals surface area contributed by atoms with Crippen molar-refractivity contribution in [2.75, 3.05) is 6.61 Å². The fraction of sp³-hybridized carbons (Fsp3) is 0.333. The van der Waals surface area contributed by atoms with E-state index in [1.54, 1.807) is 25.1 Å². The Hall–Kier alpha value is -1.84. The monoisotopic (exact) mass is 220 g/mol. The van der Waals surface area contributed by atoms with Crippen LogP contribution in [0.2, 0.25) is 0 Å². The van der Waals surface area contributed by atoms with Crippen molar-refractivity contribution < 1.29 is 19.1 Å². The molecule has 0 saturated heterocycles. The Balaban J connectivity index is 2.27. The highest BCUT2D eigenvalue weighted by Crippen LogP contribution is 2.28. The van der Waals surface area contributed by atoms with Crippen molar-refractivity contribution in [3.63, 3.8) is 0 Å². The summed E-state index contributed by atoms with van der Waals surface area (Å²) in [5.74, 6) is 0.664. The van der Waals surface area contributed by atoms with E-state index in [9.17, 15) is 9.59 Å². The Bertz CT molecular complexity index is 437. The largest absolute Gasteiger partial charge is 0.492 e. The lowest BCUT2D eigenvalue weighted by molar-refractivity contribution is -0.134. The topological polar surface area (TPSA) is 52.6 Å². The summed E-state index contributed by atoms with van der Waals surface area (Å²) in [6, 6.07) is 4.85. The van der Waals surface area contributed by atoms with Gasteiger partial charge in [0.2, 0.25) is 0 Å². The molecule has 4 heteroatoms. The first kappa shape index (κ1) is 10.7. The summed E-state index contributed by atoms with van der Waals surface area (Å²) in [6.07, 6.45) is 0.680. The Labute approximate surface area is 93.2 Å². The Morgan fingerprint density at radius 1 is 1.50 bits per heavy atom. The molecule has 0 fully saturated rings. The second-order valence-corrected chi connectivity index (χ2v) is 3.51. The molecule has 0 radical (unpaired) electrons. The minimum absolute atomic E-state index is 0.0237. The predicted molar refractivity (Wildman–Crippen MR) is 56.8 cm³/mol. The van der Waals surface area contributed by atoms with Crippen LogP contribution < -0.4 is 9.47 Å². The molecule has 16 heavy (non-hydrogen) atoms. The number of ether oxygens (including phenoxy) is 2. The first-order valence-electron chi connectivity index (χ1n) is 5.21. The van der Waals surface area contributed by atoms with Gasteiger partial charge >= 0.3 is 5.97 Å². The van der Waals surface area contributed by atoms with Crippen LogP contribution in [-0.2, 0) is 4.79 Å². The van der Waals surface area contributed by atoms with E-state index in [0.717, 1.165) is 0 Å². The van der Waals surface area contributed by atoms with E-state index in [-0.39, 0.29) is 11.8 Å². The third-order valence-electron chi connectivity index (χ3n) is 2.36. The van der Waals surface area contributed by atoms with Crippen molar-refractivity contribution in [3.05, 3.63) is 23.8 Å². The minimum atomic E-state index is -0.316. The maximum absolute atomic E-state index is 11.6. The summed E-state index contributed by atoms with van der Waals surface area (Å²) < 4.78 is 10.4. The molecule has 1 aromatic carbocycles. The SMILES string of the molecule is CCC(=O)Oc1ccc2c(c1)C(=O)CCO2. The van der Waals surface area contributed by atoms with Gasteiger partial charge in [0.05, 0.1) is 12.2 Å². The predicted octanol–water partition coefficient (Wildman–Crippen LogP) is 1.97. The quantitative estimate of drug-likeness (QED) is 0.564. The van der Waals surface area contributed by atoms with Gasteiger partial charge in [-0.3, -0.25) is 9.59 Å². The first-order chi connectivity index (χ1) is 7.70. The molecule has 4 nitrogen and oxygen atoms in total. The second kappa shape index (κ2) is 4.35. The highest BCUT2D eigenvalue weighted by molar-refractivity contribution is 6.00. The normalized spacial score (nSPS) is 13.9. The molecule has 0 spiro atoms. The van der Waals surface area contributed by atoms with Crippen molar-refractivity contribution in [3.8, 4) is 11.5 Å². The van der Waals surface area contributed by atoms with Gasteiger partial charge in [-0.2, -0.15) is 0 Å². The van der Waals surface area contributed by atoms with Gasteiger partial charge in [0.25, 0.3) is 0 Å². The second-order valence-electron chi connectivity index (χ2n) is 3.51. The standard InChI is InChI=1S/C12H12O4/c1-2-12(14)16-8-3-4-11-9(7-8)10(13)5-6-15-11/h3-4,7H,2,5-6H2,1H3. The third kappa shape index (κ3) is 2.05. The summed E-state index contributed by atoms with van der Waals surface area (Å²) in [4.78, 5) is 22.7. The zero-order chi connectivity index (χ0) is 11.5. The van der Waals surface area contributed by atoms with Crippen LogP contribution in [0.3, 0.4) is 0 Å². The molecular formula is C12H12O4. The Morgan fingerprint density at radius 2 is 2.31 bits per heavy atom. The number of esters is 1. The van der Waals surface area contributed by atoms with Crippen molar-refractivity contribution in [2.45, 2.75) is 19.8 Å². The van der Waals surface area contributed by atoms with E-state index in [2.05, 4.69) is 0 Å². The maximum atomic E-state index is 11.6. The van der Waals surface area contributed by atoms with E-state index >= 15 is 0 Å². The smallest absolute Gasteiger partial charge is 0.310 e.